The van der Waals surface area contributed by atoms with Crippen LogP contribution in [0.1, 0.15) is 15.9 Å². The number of morpholine rings is 1. The highest BCUT2D eigenvalue weighted by atomic mass is 35.5. The highest BCUT2D eigenvalue weighted by Gasteiger charge is 2.34. The van der Waals surface area contributed by atoms with Crippen molar-refractivity contribution in [2.45, 2.75) is 6.18 Å². The zero-order valence-corrected chi connectivity index (χ0v) is 19.5. The molecule has 1 saturated heterocycles. The number of hydrogen-bond donors (Lipinski definition) is 1. The molecule has 1 aliphatic rings. The van der Waals surface area contributed by atoms with Crippen LogP contribution in [0.4, 0.5) is 24.5 Å². The maximum absolute atomic E-state index is 13.2. The molecule has 2 aromatic rings. The van der Waals surface area contributed by atoms with E-state index in [2.05, 4.69) is 5.32 Å². The molecule has 1 fully saturated rings. The number of carbonyl (C=O) groups excluding carboxylic acids is 2. The van der Waals surface area contributed by atoms with E-state index in [4.69, 9.17) is 16.3 Å². The van der Waals surface area contributed by atoms with Crippen molar-refractivity contribution in [3.05, 3.63) is 58.6 Å². The van der Waals surface area contributed by atoms with E-state index in [1.54, 1.807) is 17.0 Å². The summed E-state index contributed by atoms with van der Waals surface area (Å²) in [6.07, 6.45) is -4.06. The van der Waals surface area contributed by atoms with Gasteiger partial charge in [-0.25, -0.2) is 8.42 Å². The Balaban J connectivity index is 1.85. The average molecular weight is 520 g/mol. The SMILES string of the molecule is CS(=O)(=O)N(CC(=O)Nc1ccccc1C(=O)N1CCOCC1)c1ccc(Cl)c(C(F)(F)F)c1. The first kappa shape index (κ1) is 25.8. The molecule has 8 nitrogen and oxygen atoms in total. The molecule has 0 radical (unpaired) electrons. The highest BCUT2D eigenvalue weighted by molar-refractivity contribution is 7.92. The minimum atomic E-state index is -4.82. The number of ether oxygens (including phenoxy) is 1. The number of anilines is 2. The fourth-order valence-electron chi connectivity index (χ4n) is 3.32. The summed E-state index contributed by atoms with van der Waals surface area (Å²) in [6.45, 7) is 0.690. The van der Waals surface area contributed by atoms with Crippen LogP contribution >= 0.6 is 11.6 Å². The summed E-state index contributed by atoms with van der Waals surface area (Å²) < 4.78 is 70.1. The van der Waals surface area contributed by atoms with Crippen LogP contribution in [0.3, 0.4) is 0 Å². The molecule has 0 bridgehead atoms. The third-order valence-electron chi connectivity index (χ3n) is 4.96. The molecule has 2 amide bonds. The van der Waals surface area contributed by atoms with Gasteiger partial charge in [0.2, 0.25) is 15.9 Å². The van der Waals surface area contributed by atoms with Crippen LogP contribution in [0.15, 0.2) is 42.5 Å². The largest absolute Gasteiger partial charge is 0.417 e. The Labute approximate surface area is 199 Å². The smallest absolute Gasteiger partial charge is 0.378 e. The summed E-state index contributed by atoms with van der Waals surface area (Å²) >= 11 is 5.61. The van der Waals surface area contributed by atoms with Crippen molar-refractivity contribution in [3.63, 3.8) is 0 Å². The Bertz CT molecular complexity index is 1180. The topological polar surface area (TPSA) is 96.0 Å². The van der Waals surface area contributed by atoms with Crippen LogP contribution < -0.4 is 9.62 Å². The quantitative estimate of drug-likeness (QED) is 0.632. The Morgan fingerprint density at radius 1 is 1.15 bits per heavy atom. The van der Waals surface area contributed by atoms with Gasteiger partial charge in [0.05, 0.1) is 47.0 Å². The predicted molar refractivity (Wildman–Crippen MR) is 120 cm³/mol. The summed E-state index contributed by atoms with van der Waals surface area (Å²) in [5.41, 5.74) is -1.28. The molecule has 0 unspecified atom stereocenters. The molecule has 0 aromatic heterocycles. The van der Waals surface area contributed by atoms with Crippen LogP contribution in [-0.4, -0.2) is 64.2 Å². The summed E-state index contributed by atoms with van der Waals surface area (Å²) in [7, 11) is -4.15. The van der Waals surface area contributed by atoms with Crippen molar-refractivity contribution in [1.29, 1.82) is 0 Å². The van der Waals surface area contributed by atoms with Crippen molar-refractivity contribution in [2.75, 3.05) is 48.7 Å². The highest BCUT2D eigenvalue weighted by Crippen LogP contribution is 2.37. The van der Waals surface area contributed by atoms with Gasteiger partial charge in [-0.1, -0.05) is 23.7 Å². The van der Waals surface area contributed by atoms with E-state index in [-0.39, 0.29) is 22.8 Å². The predicted octanol–water partition coefficient (Wildman–Crippen LogP) is 3.24. The first-order valence-electron chi connectivity index (χ1n) is 9.98. The molecule has 184 valence electrons. The number of para-hydroxylation sites is 1. The van der Waals surface area contributed by atoms with Gasteiger partial charge in [-0.05, 0) is 30.3 Å². The van der Waals surface area contributed by atoms with Crippen molar-refractivity contribution in [3.8, 4) is 0 Å². The molecule has 0 aliphatic carbocycles. The lowest BCUT2D eigenvalue weighted by atomic mass is 10.1. The number of halogens is 4. The normalized spacial score (nSPS) is 14.6. The molecule has 3 rings (SSSR count). The molecule has 0 saturated carbocycles. The van der Waals surface area contributed by atoms with Crippen LogP contribution in [0.2, 0.25) is 5.02 Å². The molecule has 1 aliphatic heterocycles. The fraction of sp³-hybridized carbons (Fsp3) is 0.333. The Morgan fingerprint density at radius 3 is 2.41 bits per heavy atom. The molecule has 1 N–H and O–H groups in total. The minimum absolute atomic E-state index is 0.143. The molecular weight excluding hydrogens is 499 g/mol. The second-order valence-electron chi connectivity index (χ2n) is 7.43. The molecule has 34 heavy (non-hydrogen) atoms. The van der Waals surface area contributed by atoms with Crippen molar-refractivity contribution >= 4 is 44.8 Å². The number of amides is 2. The number of hydrogen-bond acceptors (Lipinski definition) is 5. The van der Waals surface area contributed by atoms with Crippen LogP contribution in [0.25, 0.3) is 0 Å². The van der Waals surface area contributed by atoms with E-state index in [1.165, 1.54) is 12.1 Å². The molecule has 0 atom stereocenters. The Hall–Kier alpha value is -2.83. The van der Waals surface area contributed by atoms with Crippen LogP contribution in [0.5, 0.6) is 0 Å². The van der Waals surface area contributed by atoms with Gasteiger partial charge in [0.25, 0.3) is 5.91 Å². The van der Waals surface area contributed by atoms with E-state index in [0.29, 0.717) is 36.7 Å². The second-order valence-corrected chi connectivity index (χ2v) is 9.74. The number of benzene rings is 2. The van der Waals surface area contributed by atoms with E-state index in [0.717, 1.165) is 18.4 Å². The molecule has 2 aromatic carbocycles. The van der Waals surface area contributed by atoms with Crippen LogP contribution in [0, 0.1) is 0 Å². The number of carbonyl (C=O) groups is 2. The van der Waals surface area contributed by atoms with Crippen LogP contribution in [-0.2, 0) is 25.7 Å². The first-order valence-corrected chi connectivity index (χ1v) is 12.2. The lowest BCUT2D eigenvalue weighted by Gasteiger charge is -2.28. The van der Waals surface area contributed by atoms with Gasteiger partial charge in [0, 0.05) is 13.1 Å². The minimum Gasteiger partial charge on any atom is -0.378 e. The third-order valence-corrected chi connectivity index (χ3v) is 6.43. The monoisotopic (exact) mass is 519 g/mol. The average Bonchev–Trinajstić information content (AvgIpc) is 2.77. The number of alkyl halides is 3. The number of nitrogens with zero attached hydrogens (tertiary/aromatic N) is 2. The van der Waals surface area contributed by atoms with E-state index < -0.39 is 39.2 Å². The maximum atomic E-state index is 13.2. The maximum Gasteiger partial charge on any atom is 0.417 e. The summed E-state index contributed by atoms with van der Waals surface area (Å²) in [5, 5.41) is 1.88. The number of nitrogens with one attached hydrogen (secondary N) is 1. The zero-order valence-electron chi connectivity index (χ0n) is 17.9. The number of rotatable bonds is 6. The zero-order chi connectivity index (χ0) is 25.1. The molecule has 0 spiro atoms. The van der Waals surface area contributed by atoms with Crippen molar-refractivity contribution < 1.29 is 35.9 Å². The lowest BCUT2D eigenvalue weighted by Crippen LogP contribution is -2.41. The molecular formula is C21H21ClF3N3O5S. The van der Waals surface area contributed by atoms with E-state index in [1.807, 2.05) is 0 Å². The van der Waals surface area contributed by atoms with Gasteiger partial charge in [-0.3, -0.25) is 13.9 Å². The van der Waals surface area contributed by atoms with Crippen molar-refractivity contribution in [2.24, 2.45) is 0 Å². The summed E-state index contributed by atoms with van der Waals surface area (Å²) in [5.74, 6) is -1.19. The lowest BCUT2D eigenvalue weighted by molar-refractivity contribution is -0.137. The standard InChI is InChI=1S/C21H21ClF3N3O5S/c1-34(31,32)28(14-6-7-17(22)16(12-14)21(23,24)25)13-19(29)26-18-5-3-2-4-15(18)20(30)27-8-10-33-11-9-27/h2-7,12H,8-11,13H2,1H3,(H,26,29). The fourth-order valence-corrected chi connectivity index (χ4v) is 4.39. The molecule has 13 heteroatoms. The van der Waals surface area contributed by atoms with Crippen molar-refractivity contribution in [1.82, 2.24) is 4.90 Å². The number of sulfonamides is 1. The second kappa shape index (κ2) is 10.2. The molecule has 1 heterocycles. The Morgan fingerprint density at radius 2 is 1.79 bits per heavy atom. The first-order chi connectivity index (χ1) is 15.9. The van der Waals surface area contributed by atoms with Gasteiger partial charge < -0.3 is 15.0 Å². The van der Waals surface area contributed by atoms with E-state index in [9.17, 15) is 31.2 Å². The van der Waals surface area contributed by atoms with E-state index >= 15 is 0 Å². The third kappa shape index (κ3) is 6.19. The Kier molecular flexibility index (Phi) is 7.74. The summed E-state index contributed by atoms with van der Waals surface area (Å²) in [6, 6.07) is 8.71. The van der Waals surface area contributed by atoms with Gasteiger partial charge in [-0.15, -0.1) is 0 Å². The van der Waals surface area contributed by atoms with Gasteiger partial charge >= 0.3 is 6.18 Å². The van der Waals surface area contributed by atoms with Gasteiger partial charge in [-0.2, -0.15) is 13.2 Å². The van der Waals surface area contributed by atoms with Gasteiger partial charge in [0.1, 0.15) is 6.54 Å². The summed E-state index contributed by atoms with van der Waals surface area (Å²) in [4.78, 5) is 27.2. The van der Waals surface area contributed by atoms with Gasteiger partial charge in [0.15, 0.2) is 0 Å².